The Balaban J connectivity index is 1.82. The summed E-state index contributed by atoms with van der Waals surface area (Å²) in [6, 6.07) is -0.266. The Morgan fingerprint density at radius 1 is 1.30 bits per heavy atom. The number of urea groups is 1. The highest BCUT2D eigenvalue weighted by molar-refractivity contribution is 6.06. The maximum absolute atomic E-state index is 12.3. The zero-order chi connectivity index (χ0) is 17.4. The van der Waals surface area contributed by atoms with Crippen molar-refractivity contribution in [1.29, 1.82) is 0 Å². The van der Waals surface area contributed by atoms with Crippen LogP contribution in [0.25, 0.3) is 0 Å². The van der Waals surface area contributed by atoms with Crippen LogP contribution < -0.4 is 11.1 Å². The number of hydrogen-bond acceptors (Lipinski definition) is 4. The highest BCUT2D eigenvalue weighted by Crippen LogP contribution is 2.28. The molecule has 2 fully saturated rings. The second-order valence-corrected chi connectivity index (χ2v) is 7.81. The molecule has 7 heteroatoms. The lowest BCUT2D eigenvalue weighted by molar-refractivity contribution is -0.135. The molecule has 0 aromatic heterocycles. The lowest BCUT2D eigenvalue weighted by atomic mass is 9.79. The van der Waals surface area contributed by atoms with Gasteiger partial charge in [-0.2, -0.15) is 0 Å². The molecule has 2 heterocycles. The lowest BCUT2D eigenvalue weighted by Crippen LogP contribution is -2.54. The molecule has 0 aromatic carbocycles. The third kappa shape index (κ3) is 3.65. The van der Waals surface area contributed by atoms with E-state index in [1.54, 1.807) is 13.8 Å². The molecule has 2 rings (SSSR count). The maximum Gasteiger partial charge on any atom is 0.325 e. The Morgan fingerprint density at radius 3 is 2.48 bits per heavy atom. The van der Waals surface area contributed by atoms with Crippen LogP contribution in [0.15, 0.2) is 0 Å². The Bertz CT molecular complexity index is 515. The van der Waals surface area contributed by atoms with Crippen LogP contribution in [-0.4, -0.2) is 58.9 Å². The number of hydrogen-bond donors (Lipinski definition) is 2. The molecule has 3 N–H and O–H groups in total. The molecule has 2 aliphatic heterocycles. The molecule has 0 bridgehead atoms. The number of imide groups is 1. The topological polar surface area (TPSA) is 95.7 Å². The molecule has 7 nitrogen and oxygen atoms in total. The van der Waals surface area contributed by atoms with E-state index in [9.17, 15) is 14.4 Å². The minimum Gasteiger partial charge on any atom is -0.342 e. The van der Waals surface area contributed by atoms with Gasteiger partial charge in [-0.15, -0.1) is 0 Å². The normalized spacial score (nSPS) is 26.4. The van der Waals surface area contributed by atoms with Gasteiger partial charge in [0.2, 0.25) is 5.91 Å². The molecule has 0 spiro atoms. The van der Waals surface area contributed by atoms with Crippen LogP contribution in [0.2, 0.25) is 0 Å². The molecule has 0 saturated carbocycles. The van der Waals surface area contributed by atoms with Crippen molar-refractivity contribution in [3.63, 3.8) is 0 Å². The number of rotatable bonds is 4. The number of carbonyl (C=O) groups excluding carboxylic acids is 3. The van der Waals surface area contributed by atoms with Gasteiger partial charge in [-0.05, 0) is 32.1 Å². The predicted molar refractivity (Wildman–Crippen MR) is 86.5 cm³/mol. The predicted octanol–water partition coefficient (Wildman–Crippen LogP) is 0.683. The second kappa shape index (κ2) is 6.11. The molecular formula is C16H28N4O3. The summed E-state index contributed by atoms with van der Waals surface area (Å²) < 4.78 is 0. The van der Waals surface area contributed by atoms with Gasteiger partial charge in [-0.1, -0.05) is 13.8 Å². The Labute approximate surface area is 137 Å². The summed E-state index contributed by atoms with van der Waals surface area (Å²) in [5, 5.41) is 2.64. The summed E-state index contributed by atoms with van der Waals surface area (Å²) in [5.41, 5.74) is 5.15. The van der Waals surface area contributed by atoms with E-state index in [2.05, 4.69) is 19.2 Å². The quantitative estimate of drug-likeness (QED) is 0.743. The minimum atomic E-state index is -0.853. The zero-order valence-electron chi connectivity index (χ0n) is 14.5. The lowest BCUT2D eigenvalue weighted by Gasteiger charge is -2.42. The van der Waals surface area contributed by atoms with Gasteiger partial charge in [0.15, 0.2) is 0 Å². The first-order valence-corrected chi connectivity index (χ1v) is 8.22. The first-order valence-electron chi connectivity index (χ1n) is 8.22. The molecule has 0 aliphatic carbocycles. The van der Waals surface area contributed by atoms with Crippen LogP contribution in [0, 0.1) is 5.41 Å². The van der Waals surface area contributed by atoms with E-state index in [-0.39, 0.29) is 35.8 Å². The zero-order valence-corrected chi connectivity index (χ0v) is 14.5. The average molecular weight is 324 g/mol. The number of amides is 4. The van der Waals surface area contributed by atoms with Crippen molar-refractivity contribution in [2.24, 2.45) is 11.1 Å². The van der Waals surface area contributed by atoms with Crippen LogP contribution in [0.4, 0.5) is 4.79 Å². The number of carbonyl (C=O) groups is 3. The van der Waals surface area contributed by atoms with Crippen molar-refractivity contribution in [2.45, 2.75) is 58.5 Å². The van der Waals surface area contributed by atoms with E-state index in [0.717, 1.165) is 6.42 Å². The van der Waals surface area contributed by atoms with E-state index >= 15 is 0 Å². The van der Waals surface area contributed by atoms with Crippen LogP contribution in [-0.2, 0) is 9.59 Å². The fraction of sp³-hybridized carbons (Fsp3) is 0.812. The molecule has 4 amide bonds. The first-order chi connectivity index (χ1) is 10.5. The molecule has 2 aliphatic rings. The van der Waals surface area contributed by atoms with Crippen LogP contribution in [0.1, 0.15) is 47.0 Å². The van der Waals surface area contributed by atoms with Gasteiger partial charge in [0, 0.05) is 32.1 Å². The monoisotopic (exact) mass is 324 g/mol. The fourth-order valence-corrected chi connectivity index (χ4v) is 3.15. The van der Waals surface area contributed by atoms with Gasteiger partial charge in [-0.25, -0.2) is 4.79 Å². The summed E-state index contributed by atoms with van der Waals surface area (Å²) in [6.07, 6.45) is 1.62. The summed E-state index contributed by atoms with van der Waals surface area (Å²) in [7, 11) is 0. The molecule has 2 saturated heterocycles. The largest absolute Gasteiger partial charge is 0.342 e. The van der Waals surface area contributed by atoms with E-state index in [1.165, 1.54) is 4.90 Å². The molecule has 0 aromatic rings. The van der Waals surface area contributed by atoms with E-state index < -0.39 is 5.54 Å². The first kappa shape index (κ1) is 17.7. The molecule has 0 radical (unpaired) electrons. The molecule has 1 unspecified atom stereocenters. The Kier molecular flexibility index (Phi) is 4.71. The Hall–Kier alpha value is -1.63. The van der Waals surface area contributed by atoms with Crippen LogP contribution >= 0.6 is 0 Å². The van der Waals surface area contributed by atoms with Gasteiger partial charge in [-0.3, -0.25) is 14.5 Å². The minimum absolute atomic E-state index is 0.0660. The van der Waals surface area contributed by atoms with Crippen LogP contribution in [0.3, 0.4) is 0 Å². The van der Waals surface area contributed by atoms with E-state index in [4.69, 9.17) is 5.73 Å². The van der Waals surface area contributed by atoms with Crippen molar-refractivity contribution >= 4 is 17.8 Å². The maximum atomic E-state index is 12.3. The van der Waals surface area contributed by atoms with Crippen molar-refractivity contribution in [1.82, 2.24) is 15.1 Å². The standard InChI is InChI=1S/C16H28N4O3/c1-15(2)10-19(9-7-11(15)17)12(21)6-5-8-20-13(22)16(3,4)18-14(20)23/h11H,5-10,17H2,1-4H3,(H,18,23). The summed E-state index contributed by atoms with van der Waals surface area (Å²) in [4.78, 5) is 39.2. The number of nitrogens with two attached hydrogens (primary N) is 1. The highest BCUT2D eigenvalue weighted by atomic mass is 16.2. The average Bonchev–Trinajstić information content (AvgIpc) is 2.63. The number of likely N-dealkylation sites (tertiary alicyclic amines) is 1. The third-order valence-electron chi connectivity index (χ3n) is 4.88. The van der Waals surface area contributed by atoms with Gasteiger partial charge in [0.25, 0.3) is 5.91 Å². The molecular weight excluding hydrogens is 296 g/mol. The van der Waals surface area contributed by atoms with Crippen molar-refractivity contribution < 1.29 is 14.4 Å². The molecule has 1 atom stereocenters. The fourth-order valence-electron chi connectivity index (χ4n) is 3.15. The smallest absolute Gasteiger partial charge is 0.325 e. The van der Waals surface area contributed by atoms with Crippen LogP contribution in [0.5, 0.6) is 0 Å². The molecule has 130 valence electrons. The number of nitrogens with zero attached hydrogens (tertiary/aromatic N) is 2. The van der Waals surface area contributed by atoms with Gasteiger partial charge >= 0.3 is 6.03 Å². The summed E-state index contributed by atoms with van der Waals surface area (Å²) >= 11 is 0. The summed E-state index contributed by atoms with van der Waals surface area (Å²) in [6.45, 7) is 9.12. The van der Waals surface area contributed by atoms with Crippen molar-refractivity contribution in [2.75, 3.05) is 19.6 Å². The SMILES string of the molecule is CC1(C)NC(=O)N(CCCC(=O)N2CCC(N)C(C)(C)C2)C1=O. The van der Waals surface area contributed by atoms with Gasteiger partial charge in [0.1, 0.15) is 5.54 Å². The Morgan fingerprint density at radius 2 is 1.96 bits per heavy atom. The number of nitrogens with one attached hydrogen (secondary N) is 1. The summed E-state index contributed by atoms with van der Waals surface area (Å²) in [5.74, 6) is -0.170. The van der Waals surface area contributed by atoms with Crippen molar-refractivity contribution in [3.05, 3.63) is 0 Å². The highest BCUT2D eigenvalue weighted by Gasteiger charge is 2.43. The second-order valence-electron chi connectivity index (χ2n) is 7.81. The van der Waals surface area contributed by atoms with E-state index in [1.807, 2.05) is 4.90 Å². The molecule has 23 heavy (non-hydrogen) atoms. The van der Waals surface area contributed by atoms with Gasteiger partial charge in [0.05, 0.1) is 0 Å². The third-order valence-corrected chi connectivity index (χ3v) is 4.88. The van der Waals surface area contributed by atoms with Crippen molar-refractivity contribution in [3.8, 4) is 0 Å². The number of piperidine rings is 1. The van der Waals surface area contributed by atoms with Gasteiger partial charge < -0.3 is 16.0 Å². The van der Waals surface area contributed by atoms with E-state index in [0.29, 0.717) is 25.9 Å².